The summed E-state index contributed by atoms with van der Waals surface area (Å²) in [5.41, 5.74) is 18.9. The minimum atomic E-state index is -0.592. The molecular weight excluding hydrogens is 489 g/mol. The summed E-state index contributed by atoms with van der Waals surface area (Å²) in [6.45, 7) is 1.97. The molecule has 0 aliphatic carbocycles. The van der Waals surface area contributed by atoms with Gasteiger partial charge in [-0.2, -0.15) is 0 Å². The molecule has 0 saturated carbocycles. The Kier molecular flexibility index (Phi) is 9.92. The molecule has 3 aromatic rings. The molecule has 3 rings (SSSR count). The predicted molar refractivity (Wildman–Crippen MR) is 146 cm³/mol. The van der Waals surface area contributed by atoms with Crippen molar-refractivity contribution >= 4 is 45.7 Å². The lowest BCUT2D eigenvalue weighted by atomic mass is 9.97. The summed E-state index contributed by atoms with van der Waals surface area (Å²) in [5, 5.41) is 6.45. The van der Waals surface area contributed by atoms with Crippen LogP contribution in [0, 0.1) is 12.7 Å². The van der Waals surface area contributed by atoms with Crippen LogP contribution in [0.3, 0.4) is 0 Å². The fourth-order valence-electron chi connectivity index (χ4n) is 4.10. The number of unbranched alkanes of at least 4 members (excludes halogenated alkanes) is 4. The Morgan fingerprint density at radius 3 is 2.34 bits per heavy atom. The fourth-order valence-corrected chi connectivity index (χ4v) is 4.10. The summed E-state index contributed by atoms with van der Waals surface area (Å²) in [7, 11) is 0. The first-order valence-electron chi connectivity index (χ1n) is 12.6. The van der Waals surface area contributed by atoms with E-state index >= 15 is 4.39 Å². The lowest BCUT2D eigenvalue weighted by Crippen LogP contribution is -2.27. The number of fused-ring (bicyclic) bond motifs is 1. The Morgan fingerprint density at radius 2 is 1.61 bits per heavy atom. The number of benzene rings is 1. The summed E-state index contributed by atoms with van der Waals surface area (Å²) in [6.07, 6.45) is 9.54. The van der Waals surface area contributed by atoms with Crippen LogP contribution in [0.5, 0.6) is 0 Å². The van der Waals surface area contributed by atoms with Gasteiger partial charge in [-0.15, -0.1) is 0 Å². The number of aromatic nitrogens is 2. The van der Waals surface area contributed by atoms with Gasteiger partial charge in [0.2, 0.25) is 17.7 Å². The van der Waals surface area contributed by atoms with Crippen molar-refractivity contribution in [2.45, 2.75) is 58.3 Å². The number of halogens is 1. The minimum absolute atomic E-state index is 0.0573. The van der Waals surface area contributed by atoms with E-state index in [-0.39, 0.29) is 47.8 Å². The lowest BCUT2D eigenvalue weighted by molar-refractivity contribution is -0.121. The monoisotopic (exact) mass is 523 g/mol. The molecule has 0 spiro atoms. The van der Waals surface area contributed by atoms with Crippen LogP contribution in [0.1, 0.15) is 56.9 Å². The Labute approximate surface area is 220 Å². The van der Waals surface area contributed by atoms with E-state index in [1.807, 2.05) is 0 Å². The van der Waals surface area contributed by atoms with E-state index in [0.717, 1.165) is 32.1 Å². The largest absolute Gasteiger partial charge is 0.397 e. The number of primary amides is 1. The van der Waals surface area contributed by atoms with Gasteiger partial charge in [0.05, 0.1) is 17.6 Å². The molecule has 2 aromatic heterocycles. The quantitative estimate of drug-likeness (QED) is 0.168. The van der Waals surface area contributed by atoms with Gasteiger partial charge in [-0.25, -0.2) is 9.37 Å². The number of hydrogen-bond donors (Lipinski definition) is 5. The zero-order valence-corrected chi connectivity index (χ0v) is 21.5. The second-order valence-electron chi connectivity index (χ2n) is 9.23. The summed E-state index contributed by atoms with van der Waals surface area (Å²) in [5.74, 6) is -1.04. The number of amides is 3. The number of rotatable bonds is 13. The average Bonchev–Trinajstić information content (AvgIpc) is 2.87. The van der Waals surface area contributed by atoms with Crippen molar-refractivity contribution in [1.82, 2.24) is 15.3 Å². The van der Waals surface area contributed by atoms with Gasteiger partial charge in [0.1, 0.15) is 5.82 Å². The molecule has 202 valence electrons. The zero-order valence-electron chi connectivity index (χ0n) is 21.5. The molecule has 10 nitrogen and oxygen atoms in total. The maximum atomic E-state index is 15.1. The van der Waals surface area contributed by atoms with Crippen LogP contribution in [-0.2, 0) is 14.4 Å². The molecule has 3 amide bonds. The molecule has 0 fully saturated rings. The number of nitrogens with zero attached hydrogens (tertiary/aromatic N) is 2. The first-order chi connectivity index (χ1) is 18.2. The number of nitrogens with one attached hydrogen (secondary N) is 2. The highest BCUT2D eigenvalue weighted by Crippen LogP contribution is 2.36. The number of carbonyl (C=O) groups is 3. The number of hydrogen-bond acceptors (Lipinski definition) is 7. The van der Waals surface area contributed by atoms with Crippen molar-refractivity contribution < 1.29 is 18.8 Å². The number of nitrogens with two attached hydrogens (primary N) is 3. The third-order valence-electron chi connectivity index (χ3n) is 6.31. The predicted octanol–water partition coefficient (Wildman–Crippen LogP) is 3.57. The van der Waals surface area contributed by atoms with Crippen molar-refractivity contribution in [2.24, 2.45) is 5.73 Å². The third-order valence-corrected chi connectivity index (χ3v) is 6.31. The molecule has 0 radical (unpaired) electrons. The van der Waals surface area contributed by atoms with Crippen molar-refractivity contribution in [3.63, 3.8) is 0 Å². The molecule has 0 atom stereocenters. The third kappa shape index (κ3) is 7.61. The molecule has 0 aliphatic heterocycles. The van der Waals surface area contributed by atoms with Crippen LogP contribution >= 0.6 is 0 Å². The molecule has 8 N–H and O–H groups in total. The first-order valence-corrected chi connectivity index (χ1v) is 12.6. The van der Waals surface area contributed by atoms with Crippen LogP contribution in [0.15, 0.2) is 30.7 Å². The molecule has 11 heteroatoms. The van der Waals surface area contributed by atoms with Crippen molar-refractivity contribution in [3.8, 4) is 11.1 Å². The highest BCUT2D eigenvalue weighted by atomic mass is 19.1. The van der Waals surface area contributed by atoms with Gasteiger partial charge < -0.3 is 27.8 Å². The van der Waals surface area contributed by atoms with E-state index < -0.39 is 5.82 Å². The summed E-state index contributed by atoms with van der Waals surface area (Å²) < 4.78 is 15.1. The Hall–Kier alpha value is -4.28. The smallest absolute Gasteiger partial charge is 0.227 e. The van der Waals surface area contributed by atoms with Gasteiger partial charge >= 0.3 is 0 Å². The lowest BCUT2D eigenvalue weighted by Gasteiger charge is -2.13. The van der Waals surface area contributed by atoms with E-state index in [4.69, 9.17) is 17.2 Å². The minimum Gasteiger partial charge on any atom is -0.397 e. The molecule has 0 unspecified atom stereocenters. The molecule has 0 bridgehead atoms. The van der Waals surface area contributed by atoms with Crippen LogP contribution in [0.25, 0.3) is 21.9 Å². The van der Waals surface area contributed by atoms with Crippen molar-refractivity contribution in [3.05, 3.63) is 42.1 Å². The molecule has 1 aromatic carbocycles. The van der Waals surface area contributed by atoms with Gasteiger partial charge in [0.25, 0.3) is 0 Å². The van der Waals surface area contributed by atoms with Gasteiger partial charge in [-0.3, -0.25) is 19.4 Å². The van der Waals surface area contributed by atoms with Gasteiger partial charge in [-0.05, 0) is 42.8 Å². The van der Waals surface area contributed by atoms with Crippen molar-refractivity contribution in [1.29, 1.82) is 0 Å². The molecule has 0 saturated heterocycles. The topological polar surface area (TPSA) is 179 Å². The Morgan fingerprint density at radius 1 is 0.895 bits per heavy atom. The van der Waals surface area contributed by atoms with Crippen LogP contribution < -0.4 is 27.8 Å². The van der Waals surface area contributed by atoms with E-state index in [2.05, 4.69) is 20.6 Å². The second-order valence-corrected chi connectivity index (χ2v) is 9.23. The molecule has 2 heterocycles. The van der Waals surface area contributed by atoms with Gasteiger partial charge in [0, 0.05) is 54.7 Å². The highest BCUT2D eigenvalue weighted by molar-refractivity contribution is 6.00. The van der Waals surface area contributed by atoms with Crippen LogP contribution in [0.2, 0.25) is 0 Å². The molecule has 0 aliphatic rings. The van der Waals surface area contributed by atoms with E-state index in [1.165, 1.54) is 18.6 Å². The second kappa shape index (κ2) is 13.3. The summed E-state index contributed by atoms with van der Waals surface area (Å²) in [4.78, 5) is 43.3. The van der Waals surface area contributed by atoms with E-state index in [0.29, 0.717) is 40.4 Å². The first kappa shape index (κ1) is 28.3. The Bertz CT molecular complexity index is 1330. The summed E-state index contributed by atoms with van der Waals surface area (Å²) >= 11 is 0. The van der Waals surface area contributed by atoms with Gasteiger partial charge in [-0.1, -0.05) is 19.3 Å². The van der Waals surface area contributed by atoms with Crippen LogP contribution in [-0.4, -0.2) is 34.2 Å². The summed E-state index contributed by atoms with van der Waals surface area (Å²) in [6, 6.07) is 3.24. The highest BCUT2D eigenvalue weighted by Gasteiger charge is 2.17. The molecule has 38 heavy (non-hydrogen) atoms. The standard InChI is InChI=1S/C27H34FN7O3/c1-16-19(13-32-15-21(16)29)18-11-17-12-23(34-14-20(17)27(31)26(18)28)35-25(38)9-10-33-24(37)8-6-4-2-3-5-7-22(30)36/h11-15H,2-10,29,31H2,1H3,(H2,30,36)(H,33,37)(H,34,35,38). The maximum Gasteiger partial charge on any atom is 0.227 e. The SMILES string of the molecule is Cc1c(N)cncc1-c1cc2cc(NC(=O)CCNC(=O)CCCCCCCC(N)=O)ncc2c(N)c1F. The van der Waals surface area contributed by atoms with Crippen molar-refractivity contribution in [2.75, 3.05) is 23.3 Å². The number of carbonyl (C=O) groups excluding carboxylic acids is 3. The zero-order chi connectivity index (χ0) is 27.7. The average molecular weight is 524 g/mol. The van der Waals surface area contributed by atoms with E-state index in [9.17, 15) is 14.4 Å². The number of pyridine rings is 2. The van der Waals surface area contributed by atoms with Crippen LogP contribution in [0.4, 0.5) is 21.6 Å². The van der Waals surface area contributed by atoms with Gasteiger partial charge in [0.15, 0.2) is 5.82 Å². The maximum absolute atomic E-state index is 15.1. The number of anilines is 3. The van der Waals surface area contributed by atoms with E-state index in [1.54, 1.807) is 19.1 Å². The molecular formula is C27H34FN7O3. The fraction of sp³-hybridized carbons (Fsp3) is 0.370. The number of nitrogen functional groups attached to an aromatic ring is 2. The Balaban J connectivity index is 1.52. The normalized spacial score (nSPS) is 10.9.